The molecule has 0 aromatic heterocycles. The van der Waals surface area contributed by atoms with Crippen molar-refractivity contribution >= 4 is 11.8 Å². The highest BCUT2D eigenvalue weighted by atomic mass is 16.5. The van der Waals surface area contributed by atoms with E-state index in [1.807, 2.05) is 4.90 Å². The van der Waals surface area contributed by atoms with E-state index in [9.17, 15) is 9.59 Å². The molecule has 21 heavy (non-hydrogen) atoms. The van der Waals surface area contributed by atoms with Crippen LogP contribution in [0.1, 0.15) is 32.1 Å². The van der Waals surface area contributed by atoms with Gasteiger partial charge in [-0.25, -0.2) is 0 Å². The maximum Gasteiger partial charge on any atom is 0.248 e. The third-order valence-corrected chi connectivity index (χ3v) is 5.10. The van der Waals surface area contributed by atoms with Crippen molar-refractivity contribution in [2.45, 2.75) is 50.2 Å². The molecule has 2 bridgehead atoms. The summed E-state index contributed by atoms with van der Waals surface area (Å²) in [6.45, 7) is 1.57. The molecule has 0 aliphatic carbocycles. The first kappa shape index (κ1) is 14.8. The Labute approximate surface area is 125 Å². The van der Waals surface area contributed by atoms with Crippen LogP contribution in [0.2, 0.25) is 0 Å². The van der Waals surface area contributed by atoms with Crippen LogP contribution in [0.3, 0.4) is 0 Å². The van der Waals surface area contributed by atoms with Crippen molar-refractivity contribution in [2.24, 2.45) is 5.92 Å². The Morgan fingerprint density at radius 3 is 2.57 bits per heavy atom. The van der Waals surface area contributed by atoms with Gasteiger partial charge in [-0.15, -0.1) is 0 Å². The van der Waals surface area contributed by atoms with Gasteiger partial charge >= 0.3 is 0 Å². The van der Waals surface area contributed by atoms with Gasteiger partial charge in [0.05, 0.1) is 5.92 Å². The molecule has 3 aliphatic heterocycles. The molecule has 6 heteroatoms. The van der Waals surface area contributed by atoms with Crippen LogP contribution in [-0.4, -0.2) is 61.6 Å². The molecule has 3 heterocycles. The smallest absolute Gasteiger partial charge is 0.248 e. The van der Waals surface area contributed by atoms with Crippen LogP contribution < -0.4 is 10.6 Å². The highest BCUT2D eigenvalue weighted by Gasteiger charge is 2.43. The molecule has 3 saturated heterocycles. The fourth-order valence-electron chi connectivity index (χ4n) is 3.91. The average Bonchev–Trinajstić information content (AvgIpc) is 3.11. The number of piperidine rings is 1. The van der Waals surface area contributed by atoms with Crippen molar-refractivity contribution in [3.8, 4) is 0 Å². The first-order valence-corrected chi connectivity index (χ1v) is 8.00. The van der Waals surface area contributed by atoms with Crippen molar-refractivity contribution in [2.75, 3.05) is 26.8 Å². The number of carbonyl (C=O) groups excluding carboxylic acids is 2. The molecule has 3 aliphatic rings. The van der Waals surface area contributed by atoms with Crippen LogP contribution in [0.15, 0.2) is 0 Å². The second kappa shape index (κ2) is 6.32. The molecule has 0 saturated carbocycles. The molecule has 2 N–H and O–H groups in total. The van der Waals surface area contributed by atoms with Crippen molar-refractivity contribution in [1.82, 2.24) is 15.5 Å². The summed E-state index contributed by atoms with van der Waals surface area (Å²) in [6, 6.07) is 1.15. The second-order valence-corrected chi connectivity index (χ2v) is 6.49. The van der Waals surface area contributed by atoms with E-state index >= 15 is 0 Å². The molecule has 0 radical (unpaired) electrons. The number of nitrogens with one attached hydrogen (secondary N) is 2. The molecule has 2 amide bonds. The van der Waals surface area contributed by atoms with Crippen LogP contribution >= 0.6 is 0 Å². The molecule has 6 nitrogen and oxygen atoms in total. The number of rotatable bonds is 4. The van der Waals surface area contributed by atoms with Gasteiger partial charge in [-0.1, -0.05) is 0 Å². The Balaban J connectivity index is 1.43. The SMILES string of the molecule is COCC(=O)N1CCC(NC(=O)C2CC3CCC2N3)CC1. The molecule has 0 spiro atoms. The average molecular weight is 295 g/mol. The Hall–Kier alpha value is -1.14. The monoisotopic (exact) mass is 295 g/mol. The molecule has 0 aromatic rings. The quantitative estimate of drug-likeness (QED) is 0.759. The Kier molecular flexibility index (Phi) is 4.45. The fraction of sp³-hybridized carbons (Fsp3) is 0.867. The molecule has 3 fully saturated rings. The summed E-state index contributed by atoms with van der Waals surface area (Å²) < 4.78 is 4.88. The zero-order valence-electron chi connectivity index (χ0n) is 12.6. The van der Waals surface area contributed by atoms with Gasteiger partial charge in [0.1, 0.15) is 6.61 Å². The molecule has 3 atom stereocenters. The summed E-state index contributed by atoms with van der Waals surface area (Å²) in [5.41, 5.74) is 0. The van der Waals surface area contributed by atoms with E-state index in [4.69, 9.17) is 4.74 Å². The van der Waals surface area contributed by atoms with Crippen LogP contribution in [0, 0.1) is 5.92 Å². The molecular formula is C15H25N3O3. The van der Waals surface area contributed by atoms with Gasteiger partial charge < -0.3 is 20.3 Å². The number of ether oxygens (including phenoxy) is 1. The first-order chi connectivity index (χ1) is 10.2. The number of hydrogen-bond donors (Lipinski definition) is 2. The molecule has 0 aromatic carbocycles. The largest absolute Gasteiger partial charge is 0.375 e. The van der Waals surface area contributed by atoms with E-state index in [0.29, 0.717) is 25.2 Å². The summed E-state index contributed by atoms with van der Waals surface area (Å²) in [5, 5.41) is 6.69. The van der Waals surface area contributed by atoms with E-state index < -0.39 is 0 Å². The lowest BCUT2D eigenvalue weighted by atomic mass is 9.88. The second-order valence-electron chi connectivity index (χ2n) is 6.49. The summed E-state index contributed by atoms with van der Waals surface area (Å²) in [7, 11) is 1.54. The number of nitrogens with zero attached hydrogens (tertiary/aromatic N) is 1. The van der Waals surface area contributed by atoms with Gasteiger partial charge in [0, 0.05) is 38.3 Å². The lowest BCUT2D eigenvalue weighted by Gasteiger charge is -2.33. The van der Waals surface area contributed by atoms with E-state index in [1.165, 1.54) is 13.5 Å². The Morgan fingerprint density at radius 2 is 2.00 bits per heavy atom. The van der Waals surface area contributed by atoms with Gasteiger partial charge in [-0.05, 0) is 32.1 Å². The lowest BCUT2D eigenvalue weighted by Crippen LogP contribution is -2.49. The van der Waals surface area contributed by atoms with Gasteiger partial charge in [0.15, 0.2) is 0 Å². The molecule has 118 valence electrons. The van der Waals surface area contributed by atoms with Crippen LogP contribution in [0.25, 0.3) is 0 Å². The minimum absolute atomic E-state index is 0.0413. The lowest BCUT2D eigenvalue weighted by molar-refractivity contribution is -0.136. The van der Waals surface area contributed by atoms with E-state index in [2.05, 4.69) is 10.6 Å². The number of methoxy groups -OCH3 is 1. The number of likely N-dealkylation sites (tertiary alicyclic amines) is 1. The molecular weight excluding hydrogens is 270 g/mol. The van der Waals surface area contributed by atoms with Crippen LogP contribution in [-0.2, 0) is 14.3 Å². The third kappa shape index (κ3) is 3.21. The summed E-state index contributed by atoms with van der Waals surface area (Å²) in [5.74, 6) is 0.396. The van der Waals surface area contributed by atoms with Gasteiger partial charge in [0.25, 0.3) is 0 Å². The van der Waals surface area contributed by atoms with Crippen LogP contribution in [0.5, 0.6) is 0 Å². The normalized spacial score (nSPS) is 32.4. The minimum atomic E-state index is 0.0413. The number of fused-ring (bicyclic) bond motifs is 2. The minimum Gasteiger partial charge on any atom is -0.375 e. The van der Waals surface area contributed by atoms with E-state index in [0.717, 1.165) is 25.7 Å². The zero-order valence-corrected chi connectivity index (χ0v) is 12.6. The summed E-state index contributed by atoms with van der Waals surface area (Å²) in [4.78, 5) is 25.9. The summed E-state index contributed by atoms with van der Waals surface area (Å²) in [6.07, 6.45) is 5.02. The fourth-order valence-corrected chi connectivity index (χ4v) is 3.91. The zero-order chi connectivity index (χ0) is 14.8. The maximum atomic E-state index is 12.4. The number of hydrogen-bond acceptors (Lipinski definition) is 4. The predicted octanol–water partition coefficient (Wildman–Crippen LogP) is -0.119. The van der Waals surface area contributed by atoms with Gasteiger partial charge in [-0.3, -0.25) is 9.59 Å². The topological polar surface area (TPSA) is 70.7 Å². The Bertz CT molecular complexity index is 407. The first-order valence-electron chi connectivity index (χ1n) is 8.00. The molecule has 3 unspecified atom stereocenters. The van der Waals surface area contributed by atoms with Gasteiger partial charge in [0.2, 0.25) is 11.8 Å². The summed E-state index contributed by atoms with van der Waals surface area (Å²) >= 11 is 0. The highest BCUT2D eigenvalue weighted by molar-refractivity contribution is 5.80. The third-order valence-electron chi connectivity index (χ3n) is 5.10. The molecule has 3 rings (SSSR count). The highest BCUT2D eigenvalue weighted by Crippen LogP contribution is 2.33. The number of amides is 2. The number of carbonyl (C=O) groups is 2. The van der Waals surface area contributed by atoms with Gasteiger partial charge in [-0.2, -0.15) is 0 Å². The van der Waals surface area contributed by atoms with Crippen LogP contribution in [0.4, 0.5) is 0 Å². The maximum absolute atomic E-state index is 12.4. The van der Waals surface area contributed by atoms with E-state index in [-0.39, 0.29) is 30.4 Å². The van der Waals surface area contributed by atoms with Crippen molar-refractivity contribution < 1.29 is 14.3 Å². The van der Waals surface area contributed by atoms with Crippen molar-refractivity contribution in [3.63, 3.8) is 0 Å². The van der Waals surface area contributed by atoms with Crippen molar-refractivity contribution in [1.29, 1.82) is 0 Å². The van der Waals surface area contributed by atoms with Crippen molar-refractivity contribution in [3.05, 3.63) is 0 Å². The standard InChI is InChI=1S/C15H25N3O3/c1-21-9-14(19)18-6-4-10(5-7-18)17-15(20)12-8-11-2-3-13(12)16-11/h10-13,16H,2-9H2,1H3,(H,17,20). The predicted molar refractivity (Wildman–Crippen MR) is 77.7 cm³/mol. The van der Waals surface area contributed by atoms with E-state index in [1.54, 1.807) is 0 Å². The Morgan fingerprint density at radius 1 is 1.24 bits per heavy atom.